The van der Waals surface area contributed by atoms with Gasteiger partial charge >= 0.3 is 5.97 Å². The minimum absolute atomic E-state index is 0.0859. The maximum Gasteiger partial charge on any atom is 0.303 e. The van der Waals surface area contributed by atoms with Gasteiger partial charge in [0.2, 0.25) is 0 Å². The number of esters is 1. The van der Waals surface area contributed by atoms with Gasteiger partial charge in [0.15, 0.2) is 0 Å². The van der Waals surface area contributed by atoms with Gasteiger partial charge in [-0.05, 0) is 55.2 Å². The van der Waals surface area contributed by atoms with Crippen molar-refractivity contribution >= 4 is 11.7 Å². The van der Waals surface area contributed by atoms with Gasteiger partial charge in [0.1, 0.15) is 11.9 Å². The van der Waals surface area contributed by atoms with E-state index in [4.69, 9.17) is 4.74 Å². The first-order valence-corrected chi connectivity index (χ1v) is 12.5. The molecule has 0 unspecified atom stereocenters. The minimum Gasteiger partial charge on any atom is -0.458 e. The number of para-hydroxylation sites is 1. The molecule has 1 aliphatic heterocycles. The van der Waals surface area contributed by atoms with Crippen molar-refractivity contribution in [2.45, 2.75) is 58.7 Å². The minimum atomic E-state index is -0.833. The number of anilines is 1. The third kappa shape index (κ3) is 4.97. The van der Waals surface area contributed by atoms with Crippen LogP contribution < -0.4 is 4.90 Å². The normalized spacial score (nSPS) is 33.8. The Hall–Kier alpha value is -1.92. The van der Waals surface area contributed by atoms with Crippen LogP contribution in [0.2, 0.25) is 0 Å². The molecular weight excluding hydrogens is 419 g/mol. The monoisotopic (exact) mass is 458 g/mol. The Labute approximate surface area is 197 Å². The van der Waals surface area contributed by atoms with E-state index in [0.29, 0.717) is 23.9 Å². The summed E-state index contributed by atoms with van der Waals surface area (Å²) in [5.41, 5.74) is 0.923. The summed E-state index contributed by atoms with van der Waals surface area (Å²) in [6.07, 6.45) is 4.46. The number of rotatable bonds is 5. The smallest absolute Gasteiger partial charge is 0.303 e. The van der Waals surface area contributed by atoms with Gasteiger partial charge in [0, 0.05) is 52.0 Å². The third-order valence-electron chi connectivity index (χ3n) is 8.44. The molecule has 2 fully saturated rings. The van der Waals surface area contributed by atoms with Crippen molar-refractivity contribution in [3.8, 4) is 0 Å². The molecule has 1 aromatic carbocycles. The van der Waals surface area contributed by atoms with Crippen molar-refractivity contribution in [3.63, 3.8) is 0 Å². The average molecular weight is 459 g/mol. The fourth-order valence-corrected chi connectivity index (χ4v) is 6.42. The van der Waals surface area contributed by atoms with Crippen LogP contribution in [0.5, 0.6) is 0 Å². The largest absolute Gasteiger partial charge is 0.458 e. The van der Waals surface area contributed by atoms with Crippen molar-refractivity contribution in [1.82, 2.24) is 4.90 Å². The lowest BCUT2D eigenvalue weighted by molar-refractivity contribution is -0.159. The zero-order valence-electron chi connectivity index (χ0n) is 20.5. The highest BCUT2D eigenvalue weighted by Crippen LogP contribution is 2.51. The van der Waals surface area contributed by atoms with Gasteiger partial charge in [-0.2, -0.15) is 0 Å². The van der Waals surface area contributed by atoms with E-state index in [2.05, 4.69) is 29.7 Å². The summed E-state index contributed by atoms with van der Waals surface area (Å²) >= 11 is 0. The van der Waals surface area contributed by atoms with Crippen molar-refractivity contribution in [1.29, 1.82) is 0 Å². The van der Waals surface area contributed by atoms with Gasteiger partial charge < -0.3 is 14.7 Å². The van der Waals surface area contributed by atoms with Crippen LogP contribution >= 0.6 is 0 Å². The molecule has 1 heterocycles. The van der Waals surface area contributed by atoms with E-state index < -0.39 is 5.60 Å². The molecule has 2 aliphatic carbocycles. The first-order valence-electron chi connectivity index (χ1n) is 12.5. The van der Waals surface area contributed by atoms with Gasteiger partial charge in [-0.1, -0.05) is 32.1 Å². The van der Waals surface area contributed by atoms with Crippen LogP contribution in [0.4, 0.5) is 10.1 Å². The number of benzene rings is 1. The fourth-order valence-electron chi connectivity index (χ4n) is 6.42. The van der Waals surface area contributed by atoms with Crippen LogP contribution in [0.15, 0.2) is 35.9 Å². The predicted molar refractivity (Wildman–Crippen MR) is 128 cm³/mol. The molecule has 4 rings (SSSR count). The summed E-state index contributed by atoms with van der Waals surface area (Å²) in [7, 11) is 0. The second-order valence-electron chi connectivity index (χ2n) is 10.6. The fraction of sp³-hybridized carbons (Fsp3) is 0.667. The Morgan fingerprint density at radius 1 is 1.24 bits per heavy atom. The Balaban J connectivity index is 1.41. The predicted octanol–water partition coefficient (Wildman–Crippen LogP) is 4.26. The molecule has 0 aromatic heterocycles. The van der Waals surface area contributed by atoms with E-state index in [1.54, 1.807) is 6.07 Å². The van der Waals surface area contributed by atoms with Crippen LogP contribution in [0.1, 0.15) is 47.0 Å². The lowest BCUT2D eigenvalue weighted by Crippen LogP contribution is -2.56. The topological polar surface area (TPSA) is 53.0 Å². The SMILES string of the molecule is CC(=O)O[C@@H]1C[C@@]2(O)[C@H](C)CC[C@@H]([C@H](C)CN3CCN(c4ccccc4F)CC3)[C@H]2C=C1C. The molecule has 0 spiro atoms. The van der Waals surface area contributed by atoms with Gasteiger partial charge in [-0.3, -0.25) is 9.69 Å². The maximum atomic E-state index is 14.2. The van der Waals surface area contributed by atoms with Gasteiger partial charge in [-0.25, -0.2) is 4.39 Å². The number of fused-ring (bicyclic) bond motifs is 1. The Morgan fingerprint density at radius 2 is 1.94 bits per heavy atom. The summed E-state index contributed by atoms with van der Waals surface area (Å²) in [6, 6.07) is 7.02. The molecule has 6 heteroatoms. The molecule has 0 radical (unpaired) electrons. The summed E-state index contributed by atoms with van der Waals surface area (Å²) in [5.74, 6) is 0.645. The zero-order chi connectivity index (χ0) is 23.8. The molecule has 0 amide bonds. The van der Waals surface area contributed by atoms with E-state index >= 15 is 0 Å². The zero-order valence-corrected chi connectivity index (χ0v) is 20.5. The van der Waals surface area contributed by atoms with E-state index in [9.17, 15) is 14.3 Å². The second-order valence-corrected chi connectivity index (χ2v) is 10.6. The molecule has 6 atom stereocenters. The summed E-state index contributed by atoms with van der Waals surface area (Å²) < 4.78 is 19.7. The summed E-state index contributed by atoms with van der Waals surface area (Å²) in [5, 5.41) is 11.8. The molecule has 5 nitrogen and oxygen atoms in total. The number of nitrogens with zero attached hydrogens (tertiary/aromatic N) is 2. The highest BCUT2D eigenvalue weighted by Gasteiger charge is 2.52. The quantitative estimate of drug-likeness (QED) is 0.528. The number of hydrogen-bond acceptors (Lipinski definition) is 5. The van der Waals surface area contributed by atoms with Crippen LogP contribution in [0, 0.1) is 29.5 Å². The van der Waals surface area contributed by atoms with Crippen LogP contribution in [-0.4, -0.2) is 60.4 Å². The average Bonchev–Trinajstić information content (AvgIpc) is 2.77. The number of hydrogen-bond donors (Lipinski definition) is 1. The number of halogens is 1. The standard InChI is InChI=1S/C27H39FN2O3/c1-18-15-23-22(10-9-20(3)27(23,32)16-26(18)33-21(4)31)19(2)17-29-11-13-30(14-12-29)25-8-6-5-7-24(25)28/h5-8,15,19-20,22-23,26,32H,9-14,16-17H2,1-4H3/t19-,20-,22+,23-,26-,27-/m1/s1. The highest BCUT2D eigenvalue weighted by atomic mass is 19.1. The van der Waals surface area contributed by atoms with E-state index in [1.807, 2.05) is 19.1 Å². The van der Waals surface area contributed by atoms with Gasteiger partial charge in [-0.15, -0.1) is 0 Å². The number of carbonyl (C=O) groups excluding carboxylic acids is 1. The van der Waals surface area contributed by atoms with Crippen LogP contribution in [0.3, 0.4) is 0 Å². The van der Waals surface area contributed by atoms with E-state index in [1.165, 1.54) is 13.0 Å². The van der Waals surface area contributed by atoms with E-state index in [0.717, 1.165) is 51.1 Å². The van der Waals surface area contributed by atoms with Crippen LogP contribution in [0.25, 0.3) is 0 Å². The number of ether oxygens (including phenoxy) is 1. The Bertz CT molecular complexity index is 882. The maximum absolute atomic E-state index is 14.2. The molecule has 1 N–H and O–H groups in total. The first kappa shape index (κ1) is 24.2. The molecule has 1 saturated heterocycles. The lowest BCUT2D eigenvalue weighted by Gasteiger charge is -2.53. The Morgan fingerprint density at radius 3 is 2.61 bits per heavy atom. The molecule has 33 heavy (non-hydrogen) atoms. The van der Waals surface area contributed by atoms with Crippen LogP contribution in [-0.2, 0) is 9.53 Å². The molecule has 0 bridgehead atoms. The number of carbonyl (C=O) groups is 1. The van der Waals surface area contributed by atoms with Crippen molar-refractivity contribution < 1.29 is 19.0 Å². The van der Waals surface area contributed by atoms with Crippen molar-refractivity contribution in [2.24, 2.45) is 23.7 Å². The van der Waals surface area contributed by atoms with Crippen molar-refractivity contribution in [2.75, 3.05) is 37.6 Å². The first-order chi connectivity index (χ1) is 15.7. The molecular formula is C27H39FN2O3. The highest BCUT2D eigenvalue weighted by molar-refractivity contribution is 5.66. The number of aliphatic hydroxyl groups is 1. The van der Waals surface area contributed by atoms with E-state index in [-0.39, 0.29) is 29.7 Å². The van der Waals surface area contributed by atoms with Crippen molar-refractivity contribution in [3.05, 3.63) is 41.7 Å². The third-order valence-corrected chi connectivity index (χ3v) is 8.44. The van der Waals surface area contributed by atoms with Gasteiger partial charge in [0.25, 0.3) is 0 Å². The Kier molecular flexibility index (Phi) is 7.15. The molecule has 1 aromatic rings. The summed E-state index contributed by atoms with van der Waals surface area (Å²) in [4.78, 5) is 16.2. The molecule has 182 valence electrons. The second kappa shape index (κ2) is 9.75. The summed E-state index contributed by atoms with van der Waals surface area (Å²) in [6.45, 7) is 12.4. The molecule has 3 aliphatic rings. The lowest BCUT2D eigenvalue weighted by atomic mass is 9.57. The molecule has 1 saturated carbocycles. The van der Waals surface area contributed by atoms with Gasteiger partial charge in [0.05, 0.1) is 11.3 Å². The number of piperazine rings is 1.